The Kier molecular flexibility index (Phi) is 3.16. The minimum absolute atomic E-state index is 0.261. The Morgan fingerprint density at radius 1 is 0.944 bits per heavy atom. The first-order chi connectivity index (χ1) is 8.84. The highest BCUT2D eigenvalue weighted by Gasteiger charge is 2.28. The lowest BCUT2D eigenvalue weighted by molar-refractivity contribution is 0.110. The van der Waals surface area contributed by atoms with Gasteiger partial charge in [-0.05, 0) is 30.0 Å². The third-order valence-electron chi connectivity index (χ3n) is 3.80. The van der Waals surface area contributed by atoms with Crippen LogP contribution in [-0.4, -0.2) is 6.61 Å². The smallest absolute Gasteiger partial charge is 0.0834 e. The Bertz CT molecular complexity index is 518. The number of hydrogen-bond donors (Lipinski definition) is 0. The van der Waals surface area contributed by atoms with Gasteiger partial charge < -0.3 is 4.74 Å². The fourth-order valence-electron chi connectivity index (χ4n) is 2.75. The van der Waals surface area contributed by atoms with Gasteiger partial charge in [0.05, 0.1) is 12.7 Å². The van der Waals surface area contributed by atoms with E-state index in [0.717, 1.165) is 13.0 Å². The number of rotatable bonds is 2. The van der Waals surface area contributed by atoms with Gasteiger partial charge in [-0.3, -0.25) is 0 Å². The van der Waals surface area contributed by atoms with E-state index < -0.39 is 0 Å². The van der Waals surface area contributed by atoms with Crippen LogP contribution in [-0.2, 0) is 4.74 Å². The molecular weight excluding hydrogens is 220 g/mol. The Hall–Kier alpha value is -1.60. The highest BCUT2D eigenvalue weighted by atomic mass is 16.5. The molecule has 2 aromatic carbocycles. The van der Waals surface area contributed by atoms with Crippen molar-refractivity contribution >= 4 is 0 Å². The molecule has 1 fully saturated rings. The second-order valence-corrected chi connectivity index (χ2v) is 5.02. The van der Waals surface area contributed by atoms with Crippen LogP contribution in [0.5, 0.6) is 0 Å². The van der Waals surface area contributed by atoms with E-state index in [1.165, 1.54) is 16.7 Å². The van der Waals surface area contributed by atoms with Gasteiger partial charge >= 0.3 is 0 Å². The molecule has 0 aliphatic carbocycles. The van der Waals surface area contributed by atoms with E-state index in [9.17, 15) is 0 Å². The van der Waals surface area contributed by atoms with Crippen LogP contribution in [0.1, 0.15) is 35.1 Å². The van der Waals surface area contributed by atoms with E-state index in [4.69, 9.17) is 4.74 Å². The molecule has 0 spiro atoms. The molecular formula is C17H18O. The fourth-order valence-corrected chi connectivity index (χ4v) is 2.75. The molecule has 1 nitrogen and oxygen atoms in total. The van der Waals surface area contributed by atoms with Crippen LogP contribution in [0, 0.1) is 6.92 Å². The van der Waals surface area contributed by atoms with Gasteiger partial charge in [-0.2, -0.15) is 0 Å². The van der Waals surface area contributed by atoms with E-state index in [0.29, 0.717) is 5.92 Å². The van der Waals surface area contributed by atoms with Gasteiger partial charge in [0.15, 0.2) is 0 Å². The highest BCUT2D eigenvalue weighted by Crippen LogP contribution is 2.38. The fraction of sp³-hybridized carbons (Fsp3) is 0.294. The molecule has 0 N–H and O–H groups in total. The number of benzene rings is 2. The average Bonchev–Trinajstić information content (AvgIpc) is 2.90. The van der Waals surface area contributed by atoms with Crippen molar-refractivity contribution in [3.8, 4) is 0 Å². The standard InChI is InChI=1S/C17H18O/c1-13-7-5-6-10-16(13)17-11-15(12-18-17)14-8-3-2-4-9-14/h2-10,15,17H,11-12H2,1H3/t15-,17-/m1/s1. The predicted octanol–water partition coefficient (Wildman–Crippen LogP) is 4.24. The van der Waals surface area contributed by atoms with E-state index in [1.807, 2.05) is 0 Å². The van der Waals surface area contributed by atoms with E-state index in [2.05, 4.69) is 61.5 Å². The summed E-state index contributed by atoms with van der Waals surface area (Å²) in [7, 11) is 0. The molecule has 1 aliphatic rings. The molecule has 2 aromatic rings. The van der Waals surface area contributed by atoms with Crippen molar-refractivity contribution in [1.82, 2.24) is 0 Å². The maximum atomic E-state index is 5.99. The maximum absolute atomic E-state index is 5.99. The third kappa shape index (κ3) is 2.19. The summed E-state index contributed by atoms with van der Waals surface area (Å²) in [5.74, 6) is 0.538. The lowest BCUT2D eigenvalue weighted by atomic mass is 9.93. The van der Waals surface area contributed by atoms with Crippen molar-refractivity contribution in [1.29, 1.82) is 0 Å². The Morgan fingerprint density at radius 2 is 1.67 bits per heavy atom. The molecule has 1 saturated heterocycles. The summed E-state index contributed by atoms with van der Waals surface area (Å²) < 4.78 is 5.99. The van der Waals surface area contributed by atoms with Crippen molar-refractivity contribution in [3.63, 3.8) is 0 Å². The number of aryl methyl sites for hydroxylation is 1. The largest absolute Gasteiger partial charge is 0.373 e. The SMILES string of the molecule is Cc1ccccc1[C@H]1C[C@@H](c2ccccc2)CO1. The second kappa shape index (κ2) is 4.95. The summed E-state index contributed by atoms with van der Waals surface area (Å²) >= 11 is 0. The predicted molar refractivity (Wildman–Crippen MR) is 73.7 cm³/mol. The molecule has 0 amide bonds. The lowest BCUT2D eigenvalue weighted by Gasteiger charge is -2.12. The minimum Gasteiger partial charge on any atom is -0.373 e. The summed E-state index contributed by atoms with van der Waals surface area (Å²) in [6.45, 7) is 3.00. The second-order valence-electron chi connectivity index (χ2n) is 5.02. The molecule has 0 radical (unpaired) electrons. The van der Waals surface area contributed by atoms with Crippen molar-refractivity contribution in [2.24, 2.45) is 0 Å². The Morgan fingerprint density at radius 3 is 2.44 bits per heavy atom. The van der Waals surface area contributed by atoms with Gasteiger partial charge in [-0.15, -0.1) is 0 Å². The molecule has 0 saturated carbocycles. The maximum Gasteiger partial charge on any atom is 0.0834 e. The Balaban J connectivity index is 1.78. The zero-order valence-corrected chi connectivity index (χ0v) is 10.7. The quantitative estimate of drug-likeness (QED) is 0.760. The molecule has 1 aliphatic heterocycles. The van der Waals surface area contributed by atoms with E-state index in [1.54, 1.807) is 0 Å². The summed E-state index contributed by atoms with van der Waals surface area (Å²) in [5.41, 5.74) is 4.07. The van der Waals surface area contributed by atoms with Crippen molar-refractivity contribution in [2.45, 2.75) is 25.4 Å². The van der Waals surface area contributed by atoms with E-state index in [-0.39, 0.29) is 6.10 Å². The van der Waals surface area contributed by atoms with E-state index >= 15 is 0 Å². The molecule has 18 heavy (non-hydrogen) atoms. The zero-order valence-electron chi connectivity index (χ0n) is 10.7. The van der Waals surface area contributed by atoms with Crippen LogP contribution in [0.4, 0.5) is 0 Å². The molecule has 92 valence electrons. The van der Waals surface area contributed by atoms with Gasteiger partial charge in [0, 0.05) is 5.92 Å². The minimum atomic E-state index is 0.261. The van der Waals surface area contributed by atoms with Crippen LogP contribution < -0.4 is 0 Å². The highest BCUT2D eigenvalue weighted by molar-refractivity contribution is 5.30. The summed E-state index contributed by atoms with van der Waals surface area (Å²) in [4.78, 5) is 0. The van der Waals surface area contributed by atoms with Crippen molar-refractivity contribution in [2.75, 3.05) is 6.61 Å². The van der Waals surface area contributed by atoms with Gasteiger partial charge in [-0.1, -0.05) is 54.6 Å². The number of ether oxygens (including phenoxy) is 1. The Labute approximate surface area is 108 Å². The average molecular weight is 238 g/mol. The van der Waals surface area contributed by atoms with Gasteiger partial charge in [0.1, 0.15) is 0 Å². The van der Waals surface area contributed by atoms with Crippen molar-refractivity contribution in [3.05, 3.63) is 71.3 Å². The molecule has 2 atom stereocenters. The van der Waals surface area contributed by atoms with Crippen molar-refractivity contribution < 1.29 is 4.74 Å². The molecule has 1 heteroatoms. The summed E-state index contributed by atoms with van der Waals surface area (Å²) in [5, 5.41) is 0. The molecule has 1 heterocycles. The zero-order chi connectivity index (χ0) is 12.4. The van der Waals surface area contributed by atoms with Crippen LogP contribution in [0.3, 0.4) is 0 Å². The van der Waals surface area contributed by atoms with Crippen LogP contribution in [0.25, 0.3) is 0 Å². The summed E-state index contributed by atoms with van der Waals surface area (Å²) in [6.07, 6.45) is 1.35. The molecule has 0 unspecified atom stereocenters. The first-order valence-corrected chi connectivity index (χ1v) is 6.56. The van der Waals surface area contributed by atoms with Crippen LogP contribution in [0.15, 0.2) is 54.6 Å². The normalized spacial score (nSPS) is 23.2. The molecule has 0 bridgehead atoms. The molecule has 3 rings (SSSR count). The topological polar surface area (TPSA) is 9.23 Å². The van der Waals surface area contributed by atoms with Gasteiger partial charge in [0.2, 0.25) is 0 Å². The first kappa shape index (κ1) is 11.5. The monoisotopic (exact) mass is 238 g/mol. The lowest BCUT2D eigenvalue weighted by Crippen LogP contribution is -1.98. The summed E-state index contributed by atoms with van der Waals surface area (Å²) in [6, 6.07) is 19.2. The third-order valence-corrected chi connectivity index (χ3v) is 3.80. The number of hydrogen-bond acceptors (Lipinski definition) is 1. The molecule has 0 aromatic heterocycles. The van der Waals surface area contributed by atoms with Crippen LogP contribution in [0.2, 0.25) is 0 Å². The van der Waals surface area contributed by atoms with Crippen LogP contribution >= 0.6 is 0 Å². The van der Waals surface area contributed by atoms with Gasteiger partial charge in [-0.25, -0.2) is 0 Å². The van der Waals surface area contributed by atoms with Gasteiger partial charge in [0.25, 0.3) is 0 Å². The first-order valence-electron chi connectivity index (χ1n) is 6.56.